The summed E-state index contributed by atoms with van der Waals surface area (Å²) in [4.78, 5) is 16.1. The van der Waals surface area contributed by atoms with Crippen LogP contribution >= 0.6 is 0 Å². The van der Waals surface area contributed by atoms with Crippen molar-refractivity contribution in [1.29, 1.82) is 0 Å². The summed E-state index contributed by atoms with van der Waals surface area (Å²) in [5.41, 5.74) is 14.0. The second kappa shape index (κ2) is 14.7. The number of nitrogens with zero attached hydrogens (tertiary/aromatic N) is 5. The third-order valence-electron chi connectivity index (χ3n) is 12.0. The van der Waals surface area contributed by atoms with Crippen LogP contribution in [0.4, 0.5) is 0 Å². The van der Waals surface area contributed by atoms with E-state index in [1.54, 1.807) is 0 Å². The minimum atomic E-state index is 0.556. The molecule has 0 N–H and O–H groups in total. The van der Waals surface area contributed by atoms with Gasteiger partial charge in [0.05, 0.1) is 27.8 Å². The van der Waals surface area contributed by atoms with Crippen LogP contribution in [0.1, 0.15) is 0 Å². The number of aromatic nitrogens is 5. The quantitative estimate of drug-likeness (QED) is 0.162. The topological polar surface area (TPSA) is 48.5 Å². The summed E-state index contributed by atoms with van der Waals surface area (Å²) in [6, 6.07) is 79.2. The highest BCUT2D eigenvalue weighted by atomic mass is 15.2. The van der Waals surface area contributed by atoms with Gasteiger partial charge in [-0.2, -0.15) is 9.97 Å². The van der Waals surface area contributed by atoms with Gasteiger partial charge in [0.2, 0.25) is 5.95 Å². The Hall–Kier alpha value is -8.41. The first-order valence-corrected chi connectivity index (χ1v) is 21.0. The second-order valence-electron chi connectivity index (χ2n) is 15.6. The molecule has 3 heterocycles. The fourth-order valence-electron chi connectivity index (χ4n) is 9.19. The number of benzene rings is 9. The van der Waals surface area contributed by atoms with Gasteiger partial charge >= 0.3 is 0 Å². The molecule has 12 aromatic rings. The maximum absolute atomic E-state index is 5.41. The van der Waals surface area contributed by atoms with Gasteiger partial charge in [-0.1, -0.05) is 188 Å². The Kier molecular flexibility index (Phi) is 8.42. The molecule has 0 atom stereocenters. The van der Waals surface area contributed by atoms with Crippen molar-refractivity contribution >= 4 is 43.6 Å². The molecule has 0 amide bonds. The molecule has 62 heavy (non-hydrogen) atoms. The monoisotopic (exact) mass is 791 g/mol. The third kappa shape index (κ3) is 5.90. The highest BCUT2D eigenvalue weighted by Gasteiger charge is 2.21. The summed E-state index contributed by atoms with van der Waals surface area (Å²) >= 11 is 0. The van der Waals surface area contributed by atoms with Crippen molar-refractivity contribution < 1.29 is 0 Å². The zero-order valence-corrected chi connectivity index (χ0v) is 33.6. The van der Waals surface area contributed by atoms with E-state index in [1.165, 1.54) is 21.8 Å². The van der Waals surface area contributed by atoms with Gasteiger partial charge < -0.3 is 4.57 Å². The molecule has 0 saturated heterocycles. The number of para-hydroxylation sites is 5. The fourth-order valence-corrected chi connectivity index (χ4v) is 9.19. The first-order chi connectivity index (χ1) is 30.8. The molecule has 0 unspecified atom stereocenters. The number of rotatable bonds is 7. The Balaban J connectivity index is 1.09. The molecule has 0 spiro atoms. The lowest BCUT2D eigenvalue weighted by Crippen LogP contribution is -2.07. The van der Waals surface area contributed by atoms with E-state index in [9.17, 15) is 0 Å². The molecule has 290 valence electrons. The van der Waals surface area contributed by atoms with E-state index in [0.29, 0.717) is 17.6 Å². The summed E-state index contributed by atoms with van der Waals surface area (Å²) in [6.07, 6.45) is 0. The van der Waals surface area contributed by atoms with E-state index in [4.69, 9.17) is 15.0 Å². The van der Waals surface area contributed by atoms with Crippen molar-refractivity contribution in [2.75, 3.05) is 0 Å². The van der Waals surface area contributed by atoms with Crippen LogP contribution in [0.25, 0.3) is 111 Å². The highest BCUT2D eigenvalue weighted by molar-refractivity contribution is 6.14. The molecule has 0 fully saturated rings. The molecule has 0 saturated carbocycles. The first-order valence-electron chi connectivity index (χ1n) is 21.0. The molecule has 0 radical (unpaired) electrons. The molecular weight excluding hydrogens is 755 g/mol. The zero-order valence-electron chi connectivity index (χ0n) is 33.6. The maximum atomic E-state index is 5.41. The zero-order chi connectivity index (χ0) is 41.0. The van der Waals surface area contributed by atoms with Crippen LogP contribution < -0.4 is 0 Å². The van der Waals surface area contributed by atoms with Crippen molar-refractivity contribution in [2.45, 2.75) is 0 Å². The van der Waals surface area contributed by atoms with Gasteiger partial charge in [0.15, 0.2) is 11.6 Å². The number of hydrogen-bond donors (Lipinski definition) is 0. The molecule has 9 aromatic carbocycles. The average Bonchev–Trinajstić information content (AvgIpc) is 3.88. The molecule has 3 aromatic heterocycles. The molecule has 0 bridgehead atoms. The summed E-state index contributed by atoms with van der Waals surface area (Å²) in [5, 5.41) is 4.74. The predicted octanol–water partition coefficient (Wildman–Crippen LogP) is 14.4. The van der Waals surface area contributed by atoms with E-state index in [2.05, 4.69) is 228 Å². The van der Waals surface area contributed by atoms with E-state index in [0.717, 1.165) is 72.0 Å². The van der Waals surface area contributed by atoms with Crippen molar-refractivity contribution in [3.8, 4) is 67.8 Å². The van der Waals surface area contributed by atoms with Crippen molar-refractivity contribution in [1.82, 2.24) is 24.1 Å². The van der Waals surface area contributed by atoms with Crippen LogP contribution in [0, 0.1) is 0 Å². The predicted molar refractivity (Wildman–Crippen MR) is 256 cm³/mol. The molecule has 12 rings (SSSR count). The number of hydrogen-bond acceptors (Lipinski definition) is 3. The van der Waals surface area contributed by atoms with Crippen LogP contribution in [0.3, 0.4) is 0 Å². The highest BCUT2D eigenvalue weighted by Crippen LogP contribution is 2.40. The Morgan fingerprint density at radius 2 is 0.710 bits per heavy atom. The summed E-state index contributed by atoms with van der Waals surface area (Å²) in [7, 11) is 0. The summed E-state index contributed by atoms with van der Waals surface area (Å²) in [6.45, 7) is 0. The molecular formula is C57H37N5. The minimum absolute atomic E-state index is 0.556. The minimum Gasteiger partial charge on any atom is -0.309 e. The lowest BCUT2D eigenvalue weighted by molar-refractivity contribution is 0.954. The van der Waals surface area contributed by atoms with Crippen LogP contribution in [-0.4, -0.2) is 24.1 Å². The smallest absolute Gasteiger partial charge is 0.238 e. The summed E-state index contributed by atoms with van der Waals surface area (Å²) in [5.74, 6) is 1.75. The first kappa shape index (κ1) is 35.5. The molecule has 5 nitrogen and oxygen atoms in total. The van der Waals surface area contributed by atoms with Gasteiger partial charge in [0, 0.05) is 43.8 Å². The molecule has 0 aliphatic carbocycles. The standard InChI is InChI=1S/C57H37N5/c1-3-18-38(19-4-1)40-22-15-24-42(36-40)55-58-56(60-57(59-55)62-53-35-14-10-29-48(53)49-31-17-30-45(54(49)62)39-20-5-2-6-21-39)43-25-16-23-41(37-43)44-26-7-11-32-50(44)61-51-33-12-8-27-46(51)47-28-9-13-34-52(47)61/h1-37H. The molecule has 5 heteroatoms. The third-order valence-corrected chi connectivity index (χ3v) is 12.0. The lowest BCUT2D eigenvalue weighted by Gasteiger charge is -2.15. The lowest BCUT2D eigenvalue weighted by atomic mass is 10.0. The van der Waals surface area contributed by atoms with Crippen LogP contribution in [-0.2, 0) is 0 Å². The van der Waals surface area contributed by atoms with Gasteiger partial charge in [0.1, 0.15) is 0 Å². The van der Waals surface area contributed by atoms with E-state index in [-0.39, 0.29) is 0 Å². The second-order valence-corrected chi connectivity index (χ2v) is 15.6. The Labute approximate surface area is 358 Å². The fraction of sp³-hybridized carbons (Fsp3) is 0. The van der Waals surface area contributed by atoms with E-state index in [1.807, 2.05) is 6.07 Å². The van der Waals surface area contributed by atoms with Gasteiger partial charge in [0.25, 0.3) is 0 Å². The SMILES string of the molecule is c1ccc(-c2cccc(-c3nc(-c4cccc(-c5ccccc5-n5c6ccccc6c6ccccc65)c4)nc(-n4c5ccccc5c5cccc(-c6ccccc6)c54)n3)c2)cc1. The normalized spacial score (nSPS) is 11.5. The van der Waals surface area contributed by atoms with Crippen LogP contribution in [0.5, 0.6) is 0 Å². The Morgan fingerprint density at radius 3 is 1.37 bits per heavy atom. The van der Waals surface area contributed by atoms with Gasteiger partial charge in [-0.3, -0.25) is 4.57 Å². The van der Waals surface area contributed by atoms with Crippen LogP contribution in [0.2, 0.25) is 0 Å². The number of fused-ring (bicyclic) bond motifs is 6. The van der Waals surface area contributed by atoms with Gasteiger partial charge in [-0.15, -0.1) is 0 Å². The van der Waals surface area contributed by atoms with Crippen molar-refractivity contribution in [3.05, 3.63) is 224 Å². The van der Waals surface area contributed by atoms with Crippen molar-refractivity contribution in [3.63, 3.8) is 0 Å². The maximum Gasteiger partial charge on any atom is 0.238 e. The average molecular weight is 792 g/mol. The molecule has 0 aliphatic rings. The van der Waals surface area contributed by atoms with Gasteiger partial charge in [-0.25, -0.2) is 4.98 Å². The van der Waals surface area contributed by atoms with Crippen LogP contribution in [0.15, 0.2) is 224 Å². The largest absolute Gasteiger partial charge is 0.309 e. The van der Waals surface area contributed by atoms with E-state index < -0.39 is 0 Å². The molecule has 0 aliphatic heterocycles. The van der Waals surface area contributed by atoms with Crippen molar-refractivity contribution in [2.24, 2.45) is 0 Å². The Bertz CT molecular complexity index is 3590. The van der Waals surface area contributed by atoms with E-state index >= 15 is 0 Å². The Morgan fingerprint density at radius 1 is 0.274 bits per heavy atom. The summed E-state index contributed by atoms with van der Waals surface area (Å²) < 4.78 is 4.61. The van der Waals surface area contributed by atoms with Gasteiger partial charge in [-0.05, 0) is 58.7 Å².